The van der Waals surface area contributed by atoms with E-state index in [1.165, 1.54) is 12.1 Å². The monoisotopic (exact) mass is 379 g/mol. The number of aryl methyl sites for hydroxylation is 2. The molecule has 0 aliphatic rings. The molecule has 0 bridgehead atoms. The van der Waals surface area contributed by atoms with Crippen LogP contribution in [0.25, 0.3) is 11.3 Å². The van der Waals surface area contributed by atoms with E-state index in [2.05, 4.69) is 16.7 Å². The number of nitrogens with zero attached hydrogens (tertiary/aromatic N) is 2. The summed E-state index contributed by atoms with van der Waals surface area (Å²) in [6, 6.07) is 7.73. The summed E-state index contributed by atoms with van der Waals surface area (Å²) in [6.45, 7) is 4.44. The second-order valence-electron chi connectivity index (χ2n) is 5.66. The van der Waals surface area contributed by atoms with Gasteiger partial charge < -0.3 is 0 Å². The lowest BCUT2D eigenvalue weighted by Gasteiger charge is -2.07. The van der Waals surface area contributed by atoms with Crippen molar-refractivity contribution in [2.24, 2.45) is 0 Å². The van der Waals surface area contributed by atoms with Gasteiger partial charge in [-0.3, -0.25) is 9.40 Å². The Bertz CT molecular complexity index is 993. The third kappa shape index (κ3) is 3.74. The van der Waals surface area contributed by atoms with Crippen molar-refractivity contribution in [2.75, 3.05) is 4.72 Å². The molecule has 1 aromatic carbocycles. The summed E-state index contributed by atoms with van der Waals surface area (Å²) in [5.41, 5.74) is 2.34. The first-order valence-electron chi connectivity index (χ1n) is 7.80. The average Bonchev–Trinajstić information content (AvgIpc) is 3.20. The van der Waals surface area contributed by atoms with Gasteiger partial charge in [0.05, 0.1) is 11.4 Å². The van der Waals surface area contributed by atoms with Crippen LogP contribution in [0.15, 0.2) is 46.1 Å². The van der Waals surface area contributed by atoms with Crippen LogP contribution in [-0.2, 0) is 16.6 Å². The number of hydrogen-bond acceptors (Lipinski definition) is 4. The first kappa shape index (κ1) is 17.6. The lowest BCUT2D eigenvalue weighted by molar-refractivity contribution is 0.602. The van der Waals surface area contributed by atoms with Crippen LogP contribution < -0.4 is 4.72 Å². The Morgan fingerprint density at radius 1 is 1.28 bits per heavy atom. The van der Waals surface area contributed by atoms with Gasteiger partial charge in [0.2, 0.25) is 0 Å². The Balaban J connectivity index is 1.87. The molecule has 0 saturated heterocycles. The Hall–Kier alpha value is -2.19. The van der Waals surface area contributed by atoms with E-state index in [1.807, 2.05) is 10.7 Å². The number of aromatic nitrogens is 2. The molecule has 0 atom stereocenters. The standard InChI is InChI=1S/C17H18FN3O2S2/c1-3-8-21-16(6-7-19-21)13-9-17(24-11-13)25(22,23)20-14-5-4-12(2)15(18)10-14/h4-7,9-11,20H,3,8H2,1-2H3. The Morgan fingerprint density at radius 3 is 2.80 bits per heavy atom. The molecule has 8 heteroatoms. The van der Waals surface area contributed by atoms with Gasteiger partial charge >= 0.3 is 0 Å². The number of rotatable bonds is 6. The topological polar surface area (TPSA) is 64.0 Å². The maximum absolute atomic E-state index is 13.6. The van der Waals surface area contributed by atoms with Gasteiger partial charge in [0.1, 0.15) is 10.0 Å². The van der Waals surface area contributed by atoms with Crippen molar-refractivity contribution in [2.45, 2.75) is 31.0 Å². The molecular formula is C17H18FN3O2S2. The van der Waals surface area contributed by atoms with E-state index in [-0.39, 0.29) is 9.90 Å². The molecule has 25 heavy (non-hydrogen) atoms. The second-order valence-corrected chi connectivity index (χ2v) is 8.48. The molecule has 0 aliphatic carbocycles. The van der Waals surface area contributed by atoms with Gasteiger partial charge in [0, 0.05) is 23.7 Å². The Labute approximate surface area is 150 Å². The minimum Gasteiger partial charge on any atom is -0.279 e. The number of nitrogens with one attached hydrogen (secondary N) is 1. The number of benzene rings is 1. The van der Waals surface area contributed by atoms with Crippen LogP contribution in [0.4, 0.5) is 10.1 Å². The highest BCUT2D eigenvalue weighted by Crippen LogP contribution is 2.30. The smallest absolute Gasteiger partial charge is 0.271 e. The molecule has 1 N–H and O–H groups in total. The van der Waals surface area contributed by atoms with E-state index in [0.29, 0.717) is 5.56 Å². The molecule has 0 unspecified atom stereocenters. The van der Waals surface area contributed by atoms with E-state index in [9.17, 15) is 12.8 Å². The normalized spacial score (nSPS) is 11.6. The van der Waals surface area contributed by atoms with Gasteiger partial charge in [-0.05, 0) is 43.2 Å². The highest BCUT2D eigenvalue weighted by molar-refractivity contribution is 7.94. The fraction of sp³-hybridized carbons (Fsp3) is 0.235. The van der Waals surface area contributed by atoms with Crippen LogP contribution in [0.5, 0.6) is 0 Å². The maximum Gasteiger partial charge on any atom is 0.271 e. The zero-order valence-corrected chi connectivity index (χ0v) is 15.5. The first-order valence-corrected chi connectivity index (χ1v) is 10.2. The lowest BCUT2D eigenvalue weighted by atomic mass is 10.2. The molecule has 0 fully saturated rings. The van der Waals surface area contributed by atoms with Crippen molar-refractivity contribution in [3.63, 3.8) is 0 Å². The first-order chi connectivity index (χ1) is 11.9. The van der Waals surface area contributed by atoms with Crippen LogP contribution >= 0.6 is 11.3 Å². The number of halogens is 1. The molecule has 0 radical (unpaired) electrons. The molecule has 0 spiro atoms. The summed E-state index contributed by atoms with van der Waals surface area (Å²) in [5, 5.41) is 6.04. The minimum atomic E-state index is -3.77. The third-order valence-electron chi connectivity index (χ3n) is 3.71. The van der Waals surface area contributed by atoms with Crippen LogP contribution in [0.2, 0.25) is 0 Å². The summed E-state index contributed by atoms with van der Waals surface area (Å²) in [5.74, 6) is -0.449. The molecule has 132 valence electrons. The predicted octanol–water partition coefficient (Wildman–Crippen LogP) is 4.27. The van der Waals surface area contributed by atoms with Crippen LogP contribution in [0, 0.1) is 12.7 Å². The van der Waals surface area contributed by atoms with E-state index >= 15 is 0 Å². The van der Waals surface area contributed by atoms with Crippen molar-refractivity contribution in [3.05, 3.63) is 53.3 Å². The predicted molar refractivity (Wildman–Crippen MR) is 97.8 cm³/mol. The van der Waals surface area contributed by atoms with Crippen LogP contribution in [0.1, 0.15) is 18.9 Å². The highest BCUT2D eigenvalue weighted by atomic mass is 32.2. The minimum absolute atomic E-state index is 0.174. The van der Waals surface area contributed by atoms with E-state index in [0.717, 1.165) is 35.6 Å². The summed E-state index contributed by atoms with van der Waals surface area (Å²) in [6.07, 6.45) is 2.63. The molecule has 3 rings (SSSR count). The SMILES string of the molecule is CCCn1nccc1-c1csc(S(=O)(=O)Nc2ccc(C)c(F)c2)c1. The number of sulfonamides is 1. The second kappa shape index (κ2) is 6.97. The Kier molecular flexibility index (Phi) is 4.91. The fourth-order valence-corrected chi connectivity index (χ4v) is 4.64. The quantitative estimate of drug-likeness (QED) is 0.696. The van der Waals surface area contributed by atoms with Gasteiger partial charge in [0.25, 0.3) is 10.0 Å². The molecule has 0 amide bonds. The van der Waals surface area contributed by atoms with Gasteiger partial charge in [-0.25, -0.2) is 12.8 Å². The maximum atomic E-state index is 13.6. The molecule has 2 heterocycles. The van der Waals surface area contributed by atoms with Gasteiger partial charge in [0.15, 0.2) is 0 Å². The zero-order chi connectivity index (χ0) is 18.0. The average molecular weight is 379 g/mol. The summed E-state index contributed by atoms with van der Waals surface area (Å²) in [4.78, 5) is 0. The van der Waals surface area contributed by atoms with Crippen molar-refractivity contribution in [1.29, 1.82) is 0 Å². The zero-order valence-electron chi connectivity index (χ0n) is 13.9. The lowest BCUT2D eigenvalue weighted by Crippen LogP contribution is -2.11. The van der Waals surface area contributed by atoms with Crippen molar-refractivity contribution >= 4 is 27.0 Å². The molecule has 2 aromatic heterocycles. The largest absolute Gasteiger partial charge is 0.279 e. The third-order valence-corrected chi connectivity index (χ3v) is 6.53. The summed E-state index contributed by atoms with van der Waals surface area (Å²) in [7, 11) is -3.77. The molecule has 0 saturated carbocycles. The van der Waals surface area contributed by atoms with Crippen molar-refractivity contribution in [1.82, 2.24) is 9.78 Å². The molecular weight excluding hydrogens is 361 g/mol. The number of anilines is 1. The highest BCUT2D eigenvalue weighted by Gasteiger charge is 2.19. The van der Waals surface area contributed by atoms with E-state index in [4.69, 9.17) is 0 Å². The van der Waals surface area contributed by atoms with Crippen LogP contribution in [-0.4, -0.2) is 18.2 Å². The summed E-state index contributed by atoms with van der Waals surface area (Å²) >= 11 is 1.12. The number of thiophene rings is 1. The van der Waals surface area contributed by atoms with Crippen molar-refractivity contribution < 1.29 is 12.8 Å². The molecule has 0 aliphatic heterocycles. The van der Waals surface area contributed by atoms with Crippen LogP contribution in [0.3, 0.4) is 0 Å². The molecule has 3 aromatic rings. The number of hydrogen-bond donors (Lipinski definition) is 1. The van der Waals surface area contributed by atoms with Gasteiger partial charge in [-0.2, -0.15) is 5.10 Å². The van der Waals surface area contributed by atoms with Gasteiger partial charge in [-0.1, -0.05) is 13.0 Å². The Morgan fingerprint density at radius 2 is 2.08 bits per heavy atom. The summed E-state index contributed by atoms with van der Waals surface area (Å²) < 4.78 is 43.2. The molecule has 5 nitrogen and oxygen atoms in total. The van der Waals surface area contributed by atoms with Gasteiger partial charge in [-0.15, -0.1) is 11.3 Å². The van der Waals surface area contributed by atoms with Crippen molar-refractivity contribution in [3.8, 4) is 11.3 Å². The van der Waals surface area contributed by atoms with E-state index < -0.39 is 15.8 Å². The fourth-order valence-electron chi connectivity index (χ4n) is 2.42. The van der Waals surface area contributed by atoms with E-state index in [1.54, 1.807) is 30.6 Å².